The van der Waals surface area contributed by atoms with Crippen LogP contribution in [-0.2, 0) is 32.7 Å². The van der Waals surface area contributed by atoms with Crippen molar-refractivity contribution in [2.24, 2.45) is 5.92 Å². The normalized spacial score (nSPS) is 29.2. The summed E-state index contributed by atoms with van der Waals surface area (Å²) in [5.74, 6) is -0.236. The number of carboxylic acid groups (broad SMARTS) is 2. The average molecular weight is 512 g/mol. The maximum atomic E-state index is 9.55. The number of benzene rings is 1. The molecule has 36 heavy (non-hydrogen) atoms. The molecule has 2 bridgehead atoms. The van der Waals surface area contributed by atoms with Gasteiger partial charge in [0.1, 0.15) is 12.2 Å². The molecule has 1 fully saturated rings. The molecule has 0 saturated carbocycles. The zero-order chi connectivity index (χ0) is 25.4. The van der Waals surface area contributed by atoms with E-state index in [1.807, 2.05) is 11.3 Å². The number of thiophene rings is 1. The summed E-state index contributed by atoms with van der Waals surface area (Å²) >= 11 is 1.86. The van der Waals surface area contributed by atoms with Gasteiger partial charge in [-0.05, 0) is 42.5 Å². The summed E-state index contributed by atoms with van der Waals surface area (Å²) in [4.78, 5) is 23.3. The minimum Gasteiger partial charge on any atom is -0.493 e. The molecule has 0 radical (unpaired) electrons. The van der Waals surface area contributed by atoms with E-state index in [2.05, 4.69) is 46.7 Å². The molecular formula is C27H29NO7S. The minimum atomic E-state index is -1.26. The van der Waals surface area contributed by atoms with E-state index in [1.165, 1.54) is 16.0 Å². The van der Waals surface area contributed by atoms with Gasteiger partial charge in [0.25, 0.3) is 0 Å². The Kier molecular flexibility index (Phi) is 6.63. The van der Waals surface area contributed by atoms with Crippen molar-refractivity contribution < 1.29 is 34.0 Å². The van der Waals surface area contributed by atoms with Gasteiger partial charge >= 0.3 is 11.9 Å². The van der Waals surface area contributed by atoms with Gasteiger partial charge in [0.15, 0.2) is 11.5 Å². The van der Waals surface area contributed by atoms with E-state index in [9.17, 15) is 9.59 Å². The van der Waals surface area contributed by atoms with Crippen molar-refractivity contribution in [2.45, 2.75) is 43.1 Å². The number of methoxy groups -OCH3 is 2. The summed E-state index contributed by atoms with van der Waals surface area (Å²) in [5.41, 5.74) is 2.84. The van der Waals surface area contributed by atoms with Gasteiger partial charge in [0.05, 0.1) is 7.11 Å². The van der Waals surface area contributed by atoms with E-state index in [4.69, 9.17) is 24.4 Å². The summed E-state index contributed by atoms with van der Waals surface area (Å²) < 4.78 is 18.2. The zero-order valence-electron chi connectivity index (χ0n) is 20.1. The topological polar surface area (TPSA) is 106 Å². The van der Waals surface area contributed by atoms with E-state index in [0.29, 0.717) is 24.1 Å². The Bertz CT molecular complexity index is 1190. The molecule has 2 aliphatic heterocycles. The second kappa shape index (κ2) is 9.72. The monoisotopic (exact) mass is 511 g/mol. The van der Waals surface area contributed by atoms with Crippen molar-refractivity contribution in [3.8, 4) is 11.5 Å². The van der Waals surface area contributed by atoms with Gasteiger partial charge < -0.3 is 24.4 Å². The lowest BCUT2D eigenvalue weighted by molar-refractivity contribution is -0.134. The van der Waals surface area contributed by atoms with Crippen LogP contribution in [0.25, 0.3) is 0 Å². The molecule has 8 nitrogen and oxygen atoms in total. The summed E-state index contributed by atoms with van der Waals surface area (Å²) in [7, 11) is 3.53. The van der Waals surface area contributed by atoms with Gasteiger partial charge in [-0.15, -0.1) is 11.3 Å². The first-order chi connectivity index (χ1) is 17.4. The number of piperidine rings is 1. The third kappa shape index (κ3) is 4.01. The van der Waals surface area contributed by atoms with Crippen LogP contribution < -0.4 is 9.47 Å². The fourth-order valence-corrected chi connectivity index (χ4v) is 7.14. The van der Waals surface area contributed by atoms with Gasteiger partial charge in [-0.3, -0.25) is 4.90 Å². The number of hydrogen-bond donors (Lipinski definition) is 2. The SMILES string of the molecule is COc1ccc2c3c1O[C@H]1C(OC)C=CC4C(C2)N(Cc2cccs2)CCC341.O=C(O)/C=C/C(=O)O. The van der Waals surface area contributed by atoms with Gasteiger partial charge in [0, 0.05) is 53.6 Å². The molecule has 3 heterocycles. The molecule has 4 aliphatic rings. The first-order valence-electron chi connectivity index (χ1n) is 11.9. The van der Waals surface area contributed by atoms with Crippen molar-refractivity contribution in [1.29, 1.82) is 0 Å². The maximum absolute atomic E-state index is 9.55. The fourth-order valence-electron chi connectivity index (χ4n) is 6.41. The van der Waals surface area contributed by atoms with E-state index in [-0.39, 0.29) is 17.6 Å². The summed E-state index contributed by atoms with van der Waals surface area (Å²) in [6, 6.07) is 9.27. The van der Waals surface area contributed by atoms with Crippen LogP contribution in [0.3, 0.4) is 0 Å². The molecule has 4 unspecified atom stereocenters. The molecule has 2 aromatic rings. The number of carboxylic acids is 2. The van der Waals surface area contributed by atoms with E-state index < -0.39 is 11.9 Å². The largest absolute Gasteiger partial charge is 0.493 e. The summed E-state index contributed by atoms with van der Waals surface area (Å²) in [6.45, 7) is 2.14. The Morgan fingerprint density at radius 1 is 1.19 bits per heavy atom. The molecule has 0 amide bonds. The van der Waals surface area contributed by atoms with Crippen LogP contribution in [0.2, 0.25) is 0 Å². The van der Waals surface area contributed by atoms with Crippen LogP contribution in [0.4, 0.5) is 0 Å². The van der Waals surface area contributed by atoms with E-state index in [1.54, 1.807) is 14.2 Å². The molecule has 6 rings (SSSR count). The molecule has 1 aromatic heterocycles. The average Bonchev–Trinajstić information content (AvgIpc) is 3.50. The lowest BCUT2D eigenvalue weighted by Crippen LogP contribution is -2.65. The summed E-state index contributed by atoms with van der Waals surface area (Å²) in [6.07, 6.45) is 7.97. The Morgan fingerprint density at radius 2 is 1.97 bits per heavy atom. The van der Waals surface area contributed by atoms with Crippen LogP contribution in [0.15, 0.2) is 53.9 Å². The number of ether oxygens (including phenoxy) is 3. The van der Waals surface area contributed by atoms with Crippen LogP contribution >= 0.6 is 11.3 Å². The predicted octanol–water partition coefficient (Wildman–Crippen LogP) is 3.50. The molecular weight excluding hydrogens is 482 g/mol. The highest BCUT2D eigenvalue weighted by molar-refractivity contribution is 7.09. The van der Waals surface area contributed by atoms with Crippen molar-refractivity contribution in [3.05, 3.63) is 70.0 Å². The highest BCUT2D eigenvalue weighted by Crippen LogP contribution is 2.62. The van der Waals surface area contributed by atoms with Gasteiger partial charge in [-0.25, -0.2) is 9.59 Å². The van der Waals surface area contributed by atoms with Gasteiger partial charge in [0.2, 0.25) is 0 Å². The molecule has 5 atom stereocenters. The molecule has 2 aliphatic carbocycles. The fraction of sp³-hybridized carbons (Fsp3) is 0.407. The summed E-state index contributed by atoms with van der Waals surface area (Å²) in [5, 5.41) is 17.8. The number of hydrogen-bond acceptors (Lipinski definition) is 7. The molecule has 1 aromatic carbocycles. The number of nitrogens with zero attached hydrogens (tertiary/aromatic N) is 1. The van der Waals surface area contributed by atoms with E-state index >= 15 is 0 Å². The Balaban J connectivity index is 0.000000292. The molecule has 190 valence electrons. The Morgan fingerprint density at radius 3 is 2.61 bits per heavy atom. The van der Waals surface area contributed by atoms with Gasteiger partial charge in [-0.1, -0.05) is 24.3 Å². The number of carbonyl (C=O) groups is 2. The third-order valence-electron chi connectivity index (χ3n) is 7.75. The maximum Gasteiger partial charge on any atom is 0.328 e. The minimum absolute atomic E-state index is 0.00347. The molecule has 9 heteroatoms. The number of aliphatic carboxylic acids is 2. The smallest absolute Gasteiger partial charge is 0.328 e. The van der Waals surface area contributed by atoms with Crippen LogP contribution in [0.1, 0.15) is 22.4 Å². The van der Waals surface area contributed by atoms with Crippen LogP contribution in [0, 0.1) is 5.92 Å². The standard InChI is InChI=1S/C23H25NO3S.C4H4O4/c1-25-18-7-5-14-12-17-16-6-8-19(26-2)22-23(16,20(14)21(18)27-22)9-10-24(17)13-15-4-3-11-28-15;5-3(6)1-2-4(7)8/h3-8,11,16-17,19,22H,9-10,12-13H2,1-2H3;1-2H,(H,5,6)(H,7,8)/b;2-1+/t16?,17?,19?,22-,23?;/m0./s1. The van der Waals surface area contributed by atoms with Crippen molar-refractivity contribution in [2.75, 3.05) is 20.8 Å². The van der Waals surface area contributed by atoms with Crippen LogP contribution in [-0.4, -0.2) is 66.1 Å². The Hall–Kier alpha value is -3.14. The molecule has 1 spiro atoms. The first kappa shape index (κ1) is 24.5. The van der Waals surface area contributed by atoms with Crippen molar-refractivity contribution in [1.82, 2.24) is 4.90 Å². The second-order valence-corrected chi connectivity index (χ2v) is 10.4. The van der Waals surface area contributed by atoms with Crippen LogP contribution in [0.5, 0.6) is 11.5 Å². The molecule has 2 N–H and O–H groups in total. The number of rotatable bonds is 6. The highest BCUT2D eigenvalue weighted by atomic mass is 32.1. The Labute approximate surface area is 213 Å². The lowest BCUT2D eigenvalue weighted by Gasteiger charge is -2.57. The quantitative estimate of drug-likeness (QED) is 0.449. The van der Waals surface area contributed by atoms with Crippen molar-refractivity contribution >= 4 is 23.3 Å². The van der Waals surface area contributed by atoms with E-state index in [0.717, 1.165) is 37.4 Å². The lowest BCUT2D eigenvalue weighted by atomic mass is 9.53. The highest BCUT2D eigenvalue weighted by Gasteiger charge is 2.64. The first-order valence-corrected chi connectivity index (χ1v) is 12.8. The zero-order valence-corrected chi connectivity index (χ0v) is 20.9. The van der Waals surface area contributed by atoms with Crippen molar-refractivity contribution in [3.63, 3.8) is 0 Å². The molecule has 1 saturated heterocycles. The second-order valence-electron chi connectivity index (χ2n) is 9.40. The number of likely N-dealkylation sites (tertiary alicyclic amines) is 1. The third-order valence-corrected chi connectivity index (χ3v) is 8.61. The van der Waals surface area contributed by atoms with Gasteiger partial charge in [-0.2, -0.15) is 0 Å². The predicted molar refractivity (Wildman–Crippen MR) is 134 cm³/mol.